The number of thioether (sulfide) groups is 1. The van der Waals surface area contributed by atoms with Gasteiger partial charge in [-0.2, -0.15) is 0 Å². The molecule has 2 aliphatic rings. The van der Waals surface area contributed by atoms with Crippen LogP contribution in [0.1, 0.15) is 12.0 Å². The van der Waals surface area contributed by atoms with E-state index < -0.39 is 9.84 Å². The molecule has 0 saturated carbocycles. The van der Waals surface area contributed by atoms with Crippen molar-refractivity contribution in [1.82, 2.24) is 4.90 Å². The third kappa shape index (κ3) is 3.54. The van der Waals surface area contributed by atoms with Crippen LogP contribution in [0.5, 0.6) is 5.75 Å². The van der Waals surface area contributed by atoms with E-state index in [9.17, 15) is 13.2 Å². The number of rotatable bonds is 3. The summed E-state index contributed by atoms with van der Waals surface area (Å²) in [6.45, 7) is 0. The van der Waals surface area contributed by atoms with E-state index in [0.717, 1.165) is 10.0 Å². The van der Waals surface area contributed by atoms with Crippen molar-refractivity contribution in [2.24, 2.45) is 0 Å². The van der Waals surface area contributed by atoms with Crippen LogP contribution in [0.3, 0.4) is 0 Å². The lowest BCUT2D eigenvalue weighted by atomic mass is 10.1. The lowest BCUT2D eigenvalue weighted by molar-refractivity contribution is -0.123. The molecule has 0 bridgehead atoms. The van der Waals surface area contributed by atoms with Gasteiger partial charge in [0.25, 0.3) is 5.91 Å². The number of carbonyl (C=O) groups excluding carboxylic acids is 1. The zero-order valence-electron chi connectivity index (χ0n) is 12.7. The molecular weight excluding hydrogens is 434 g/mol. The number of halogens is 1. The fraction of sp³-hybridized carbons (Fsp3) is 0.333. The predicted molar refractivity (Wildman–Crippen MR) is 103 cm³/mol. The van der Waals surface area contributed by atoms with Gasteiger partial charge in [0, 0.05) is 10.0 Å². The molecule has 1 aromatic rings. The second kappa shape index (κ2) is 6.78. The molecule has 2 saturated heterocycles. The van der Waals surface area contributed by atoms with Crippen molar-refractivity contribution in [3.8, 4) is 5.75 Å². The molecule has 2 aliphatic heterocycles. The highest BCUT2D eigenvalue weighted by Crippen LogP contribution is 2.37. The number of carbonyl (C=O) groups is 1. The number of methoxy groups -OCH3 is 1. The second-order valence-corrected chi connectivity index (χ2v) is 10.3. The normalized spacial score (nSPS) is 24.8. The molecule has 0 N–H and O–H groups in total. The topological polar surface area (TPSA) is 63.7 Å². The number of ether oxygens (including phenoxy) is 1. The molecule has 0 unspecified atom stereocenters. The van der Waals surface area contributed by atoms with Gasteiger partial charge in [-0.3, -0.25) is 9.69 Å². The van der Waals surface area contributed by atoms with Crippen molar-refractivity contribution in [3.63, 3.8) is 0 Å². The number of sulfone groups is 1. The van der Waals surface area contributed by atoms with Crippen LogP contribution in [-0.2, 0) is 14.6 Å². The maximum Gasteiger partial charge on any atom is 0.266 e. The van der Waals surface area contributed by atoms with Crippen LogP contribution in [-0.4, -0.2) is 48.2 Å². The van der Waals surface area contributed by atoms with Gasteiger partial charge in [-0.05, 0) is 30.7 Å². The molecule has 1 amide bonds. The van der Waals surface area contributed by atoms with Crippen LogP contribution in [0.4, 0.5) is 0 Å². The molecule has 2 heterocycles. The molecule has 2 fully saturated rings. The van der Waals surface area contributed by atoms with Gasteiger partial charge in [-0.15, -0.1) is 0 Å². The average molecular weight is 448 g/mol. The fourth-order valence-electron chi connectivity index (χ4n) is 2.73. The van der Waals surface area contributed by atoms with E-state index in [1.54, 1.807) is 19.3 Å². The Morgan fingerprint density at radius 2 is 2.21 bits per heavy atom. The zero-order valence-corrected chi connectivity index (χ0v) is 16.7. The Kier molecular flexibility index (Phi) is 5.06. The Morgan fingerprint density at radius 3 is 2.83 bits per heavy atom. The summed E-state index contributed by atoms with van der Waals surface area (Å²) in [4.78, 5) is 14.6. The number of thiocarbonyl (C=S) groups is 1. The first kappa shape index (κ1) is 17.9. The first-order valence-electron chi connectivity index (χ1n) is 7.12. The van der Waals surface area contributed by atoms with Gasteiger partial charge in [-0.1, -0.05) is 39.9 Å². The van der Waals surface area contributed by atoms with Crippen LogP contribution in [0.15, 0.2) is 27.6 Å². The summed E-state index contributed by atoms with van der Waals surface area (Å²) in [7, 11) is -1.52. The SMILES string of the molecule is COc1ccc(Br)cc1/C=C1/SC(=S)N([C@H]2CCS(=O)(=O)C2)C1=O. The van der Waals surface area contributed by atoms with E-state index in [1.807, 2.05) is 12.1 Å². The van der Waals surface area contributed by atoms with Gasteiger partial charge in [0.05, 0.1) is 29.6 Å². The molecule has 0 aromatic heterocycles. The third-order valence-electron chi connectivity index (χ3n) is 3.88. The number of nitrogens with zero attached hydrogens (tertiary/aromatic N) is 1. The molecule has 0 spiro atoms. The Bertz CT molecular complexity index is 850. The summed E-state index contributed by atoms with van der Waals surface area (Å²) in [5.41, 5.74) is 0.756. The second-order valence-electron chi connectivity index (χ2n) is 5.49. The molecular formula is C15H14BrNO4S3. The van der Waals surface area contributed by atoms with E-state index >= 15 is 0 Å². The summed E-state index contributed by atoms with van der Waals surface area (Å²) in [5, 5.41) is 0. The quantitative estimate of drug-likeness (QED) is 0.524. The summed E-state index contributed by atoms with van der Waals surface area (Å²) >= 11 is 9.89. The average Bonchev–Trinajstić information content (AvgIpc) is 2.99. The number of hydrogen-bond acceptors (Lipinski definition) is 6. The van der Waals surface area contributed by atoms with Crippen molar-refractivity contribution in [1.29, 1.82) is 0 Å². The number of hydrogen-bond donors (Lipinski definition) is 0. The molecule has 5 nitrogen and oxygen atoms in total. The molecule has 128 valence electrons. The van der Waals surface area contributed by atoms with E-state index in [2.05, 4.69) is 15.9 Å². The van der Waals surface area contributed by atoms with Crippen LogP contribution in [0, 0.1) is 0 Å². The molecule has 0 radical (unpaired) electrons. The first-order chi connectivity index (χ1) is 11.3. The molecule has 0 aliphatic carbocycles. The van der Waals surface area contributed by atoms with Crippen LogP contribution >= 0.6 is 39.9 Å². The molecule has 1 atom stereocenters. The molecule has 24 heavy (non-hydrogen) atoms. The first-order valence-corrected chi connectivity index (χ1v) is 11.0. The van der Waals surface area contributed by atoms with Crippen LogP contribution < -0.4 is 4.74 Å². The van der Waals surface area contributed by atoms with Crippen molar-refractivity contribution >= 4 is 66.1 Å². The van der Waals surface area contributed by atoms with Gasteiger partial charge in [0.1, 0.15) is 10.1 Å². The smallest absolute Gasteiger partial charge is 0.266 e. The largest absolute Gasteiger partial charge is 0.496 e. The highest BCUT2D eigenvalue weighted by Gasteiger charge is 2.42. The molecule has 3 rings (SSSR count). The van der Waals surface area contributed by atoms with E-state index in [0.29, 0.717) is 21.4 Å². The highest BCUT2D eigenvalue weighted by molar-refractivity contribution is 9.10. The van der Waals surface area contributed by atoms with Crippen molar-refractivity contribution in [3.05, 3.63) is 33.1 Å². The Hall–Kier alpha value is -0.900. The lowest BCUT2D eigenvalue weighted by Crippen LogP contribution is -2.39. The maximum absolute atomic E-state index is 12.7. The zero-order chi connectivity index (χ0) is 17.5. The summed E-state index contributed by atoms with van der Waals surface area (Å²) in [5.74, 6) is 0.487. The summed E-state index contributed by atoms with van der Waals surface area (Å²) in [6.07, 6.45) is 2.16. The van der Waals surface area contributed by atoms with Crippen molar-refractivity contribution in [2.75, 3.05) is 18.6 Å². The lowest BCUT2D eigenvalue weighted by Gasteiger charge is -2.20. The Morgan fingerprint density at radius 1 is 1.46 bits per heavy atom. The Balaban J connectivity index is 1.91. The predicted octanol–water partition coefficient (Wildman–Crippen LogP) is 2.85. The number of benzene rings is 1. The highest BCUT2D eigenvalue weighted by atomic mass is 79.9. The monoisotopic (exact) mass is 447 g/mol. The Labute approximate surface area is 158 Å². The minimum atomic E-state index is -3.08. The van der Waals surface area contributed by atoms with E-state index in [4.69, 9.17) is 17.0 Å². The third-order valence-corrected chi connectivity index (χ3v) is 7.45. The maximum atomic E-state index is 12.7. The summed E-state index contributed by atoms with van der Waals surface area (Å²) in [6, 6.07) is 5.15. The van der Waals surface area contributed by atoms with Crippen LogP contribution in [0.25, 0.3) is 6.08 Å². The fourth-order valence-corrected chi connectivity index (χ4v) is 6.20. The van der Waals surface area contributed by atoms with Gasteiger partial charge < -0.3 is 4.74 Å². The van der Waals surface area contributed by atoms with Gasteiger partial charge in [0.15, 0.2) is 9.84 Å². The van der Waals surface area contributed by atoms with Crippen LogP contribution in [0.2, 0.25) is 0 Å². The standard InChI is InChI=1S/C15H14BrNO4S3/c1-21-12-3-2-10(16)6-9(12)7-13-14(18)17(15(22)23-13)11-4-5-24(19,20)8-11/h2-3,6-7,11H,4-5,8H2,1H3/b13-7+/t11-/m0/s1. The minimum Gasteiger partial charge on any atom is -0.496 e. The minimum absolute atomic E-state index is 0.0209. The molecule has 9 heteroatoms. The molecule has 1 aromatic carbocycles. The van der Waals surface area contributed by atoms with E-state index in [-0.39, 0.29) is 23.5 Å². The van der Waals surface area contributed by atoms with Gasteiger partial charge in [0.2, 0.25) is 0 Å². The number of amides is 1. The van der Waals surface area contributed by atoms with Crippen molar-refractivity contribution in [2.45, 2.75) is 12.5 Å². The van der Waals surface area contributed by atoms with Gasteiger partial charge >= 0.3 is 0 Å². The van der Waals surface area contributed by atoms with Gasteiger partial charge in [-0.25, -0.2) is 8.42 Å². The van der Waals surface area contributed by atoms with Crippen molar-refractivity contribution < 1.29 is 17.9 Å². The summed E-state index contributed by atoms with van der Waals surface area (Å²) < 4.78 is 29.9. The van der Waals surface area contributed by atoms with E-state index in [1.165, 1.54) is 16.7 Å².